The number of benzene rings is 3. The smallest absolute Gasteiger partial charge is 0.223 e. The van der Waals surface area contributed by atoms with Gasteiger partial charge >= 0.3 is 0 Å². The van der Waals surface area contributed by atoms with Crippen LogP contribution in [-0.4, -0.2) is 55.1 Å². The van der Waals surface area contributed by atoms with E-state index in [0.29, 0.717) is 6.61 Å². The zero-order chi connectivity index (χ0) is 26.1. The van der Waals surface area contributed by atoms with E-state index in [1.54, 1.807) is 35.2 Å². The number of piperidine rings is 1. The van der Waals surface area contributed by atoms with Gasteiger partial charge in [0, 0.05) is 19.6 Å². The monoisotopic (exact) mass is 523 g/mol. The van der Waals surface area contributed by atoms with Crippen LogP contribution in [0.3, 0.4) is 0 Å². The Bertz CT molecular complexity index is 1220. The molecule has 3 atom stereocenters. The molecule has 37 heavy (non-hydrogen) atoms. The summed E-state index contributed by atoms with van der Waals surface area (Å²) in [6, 6.07) is 26.6. The van der Waals surface area contributed by atoms with Gasteiger partial charge in [0.1, 0.15) is 6.79 Å². The molecule has 0 aromatic heterocycles. The second-order valence-electron chi connectivity index (χ2n) is 9.10. The Morgan fingerprint density at radius 3 is 2.11 bits per heavy atom. The number of aliphatic hydroxyl groups is 1. The molecule has 3 aromatic rings. The van der Waals surface area contributed by atoms with Crippen molar-refractivity contribution in [3.63, 3.8) is 0 Å². The topological polar surface area (TPSA) is 93.1 Å². The molecule has 0 radical (unpaired) electrons. The first-order valence-corrected chi connectivity index (χ1v) is 14.0. The molecule has 1 fully saturated rings. The Morgan fingerprint density at radius 2 is 1.49 bits per heavy atom. The number of likely N-dealkylation sites (tertiary alicyclic amines) is 1. The van der Waals surface area contributed by atoms with Crippen LogP contribution in [0.25, 0.3) is 0 Å². The molecule has 196 valence electrons. The zero-order valence-corrected chi connectivity index (χ0v) is 21.5. The number of hydrogen-bond donors (Lipinski definition) is 1. The van der Waals surface area contributed by atoms with Gasteiger partial charge < -0.3 is 19.5 Å². The van der Waals surface area contributed by atoms with E-state index in [4.69, 9.17) is 9.47 Å². The molecule has 0 bridgehead atoms. The third-order valence-electron chi connectivity index (χ3n) is 6.64. The highest BCUT2D eigenvalue weighted by atomic mass is 32.2. The minimum atomic E-state index is -3.79. The maximum absolute atomic E-state index is 13.8. The number of ether oxygens (including phenoxy) is 2. The number of sulfone groups is 1. The summed E-state index contributed by atoms with van der Waals surface area (Å²) in [4.78, 5) is 15.0. The van der Waals surface area contributed by atoms with Crippen LogP contribution in [0.5, 0.6) is 0 Å². The molecule has 7 nitrogen and oxygen atoms in total. The molecule has 3 aromatic carbocycles. The third-order valence-corrected chi connectivity index (χ3v) is 8.88. The first-order chi connectivity index (χ1) is 18.0. The van der Waals surface area contributed by atoms with Crippen molar-refractivity contribution >= 4 is 15.7 Å². The fraction of sp³-hybridized carbons (Fsp3) is 0.345. The Labute approximate surface area is 218 Å². The fourth-order valence-electron chi connectivity index (χ4n) is 4.83. The quantitative estimate of drug-likeness (QED) is 0.285. The Hall–Kier alpha value is -3.04. The van der Waals surface area contributed by atoms with Gasteiger partial charge in [-0.15, -0.1) is 0 Å². The van der Waals surface area contributed by atoms with Crippen molar-refractivity contribution in [3.8, 4) is 0 Å². The van der Waals surface area contributed by atoms with E-state index in [-0.39, 0.29) is 50.0 Å². The second kappa shape index (κ2) is 13.0. The van der Waals surface area contributed by atoms with Crippen molar-refractivity contribution in [2.24, 2.45) is 0 Å². The standard InChI is InChI=1S/C29H33NO6S/c31-19-18-26(36-22-35-21-24-12-6-2-7-13-24)29-27(37(33,34)25-14-8-3-9-15-25)16-17-28(32)30(29)20-23-10-4-1-5-11-23/h1-15,26-27,29,31H,16-22H2/t26-,27+,29+/m0/s1. The van der Waals surface area contributed by atoms with Gasteiger partial charge in [-0.1, -0.05) is 78.9 Å². The average Bonchev–Trinajstić information content (AvgIpc) is 2.93. The predicted molar refractivity (Wildman–Crippen MR) is 140 cm³/mol. The summed E-state index contributed by atoms with van der Waals surface area (Å²) in [7, 11) is -3.79. The zero-order valence-electron chi connectivity index (χ0n) is 20.7. The lowest BCUT2D eigenvalue weighted by molar-refractivity contribution is -0.153. The Balaban J connectivity index is 1.62. The van der Waals surface area contributed by atoms with Gasteiger partial charge in [-0.25, -0.2) is 8.42 Å². The van der Waals surface area contributed by atoms with E-state index in [1.165, 1.54) is 0 Å². The minimum absolute atomic E-state index is 0.0957. The molecule has 1 heterocycles. The molecule has 4 rings (SSSR count). The van der Waals surface area contributed by atoms with Crippen LogP contribution in [0.2, 0.25) is 0 Å². The lowest BCUT2D eigenvalue weighted by Gasteiger charge is -2.44. The van der Waals surface area contributed by atoms with Crippen LogP contribution in [-0.2, 0) is 37.3 Å². The van der Waals surface area contributed by atoms with Crippen molar-refractivity contribution in [1.29, 1.82) is 0 Å². The molecule has 0 unspecified atom stereocenters. The molecule has 1 saturated heterocycles. The summed E-state index contributed by atoms with van der Waals surface area (Å²) >= 11 is 0. The number of aliphatic hydroxyl groups excluding tert-OH is 1. The van der Waals surface area contributed by atoms with Gasteiger partial charge in [0.05, 0.1) is 28.9 Å². The lowest BCUT2D eigenvalue weighted by Crippen LogP contribution is -2.59. The van der Waals surface area contributed by atoms with E-state index in [2.05, 4.69) is 0 Å². The first-order valence-electron chi connectivity index (χ1n) is 12.5. The maximum atomic E-state index is 13.8. The molecule has 0 spiro atoms. The van der Waals surface area contributed by atoms with Crippen LogP contribution < -0.4 is 0 Å². The van der Waals surface area contributed by atoms with Crippen molar-refractivity contribution in [1.82, 2.24) is 4.90 Å². The predicted octanol–water partition coefficient (Wildman–Crippen LogP) is 3.96. The average molecular weight is 524 g/mol. The maximum Gasteiger partial charge on any atom is 0.223 e. The molecule has 1 amide bonds. The van der Waals surface area contributed by atoms with Crippen LogP contribution in [0, 0.1) is 0 Å². The van der Waals surface area contributed by atoms with Crippen LogP contribution in [0.4, 0.5) is 0 Å². The van der Waals surface area contributed by atoms with E-state index in [1.807, 2.05) is 60.7 Å². The summed E-state index contributed by atoms with van der Waals surface area (Å²) < 4.78 is 39.5. The number of carbonyl (C=O) groups is 1. The van der Waals surface area contributed by atoms with Crippen LogP contribution in [0.1, 0.15) is 30.4 Å². The summed E-state index contributed by atoms with van der Waals surface area (Å²) in [6.45, 7) is 0.268. The van der Waals surface area contributed by atoms with Crippen LogP contribution >= 0.6 is 0 Å². The summed E-state index contributed by atoms with van der Waals surface area (Å²) in [6.07, 6.45) is -0.269. The Kier molecular flexibility index (Phi) is 9.46. The van der Waals surface area contributed by atoms with Gasteiger partial charge in [0.15, 0.2) is 9.84 Å². The van der Waals surface area contributed by atoms with E-state index in [9.17, 15) is 18.3 Å². The first kappa shape index (κ1) is 27.0. The highest BCUT2D eigenvalue weighted by Crippen LogP contribution is 2.34. The largest absolute Gasteiger partial charge is 0.396 e. The highest BCUT2D eigenvalue weighted by molar-refractivity contribution is 7.92. The number of amides is 1. The van der Waals surface area contributed by atoms with Gasteiger partial charge in [-0.3, -0.25) is 4.79 Å². The van der Waals surface area contributed by atoms with Gasteiger partial charge in [-0.2, -0.15) is 0 Å². The molecule has 0 saturated carbocycles. The van der Waals surface area contributed by atoms with Crippen molar-refractivity contribution in [2.75, 3.05) is 13.4 Å². The van der Waals surface area contributed by atoms with E-state index < -0.39 is 27.2 Å². The lowest BCUT2D eigenvalue weighted by atomic mass is 9.93. The number of carbonyl (C=O) groups excluding carboxylic acids is 1. The molecule has 1 N–H and O–H groups in total. The summed E-state index contributed by atoms with van der Waals surface area (Å²) in [5, 5.41) is 8.99. The van der Waals surface area contributed by atoms with Crippen molar-refractivity contribution < 1.29 is 27.8 Å². The Morgan fingerprint density at radius 1 is 0.892 bits per heavy atom. The molecule has 1 aliphatic rings. The normalized spacial score (nSPS) is 19.1. The molecular formula is C29H33NO6S. The highest BCUT2D eigenvalue weighted by Gasteiger charge is 2.47. The second-order valence-corrected chi connectivity index (χ2v) is 11.3. The third kappa shape index (κ3) is 6.84. The van der Waals surface area contributed by atoms with Gasteiger partial charge in [0.25, 0.3) is 0 Å². The summed E-state index contributed by atoms with van der Waals surface area (Å²) in [5.41, 5.74) is 1.87. The molecule has 1 aliphatic heterocycles. The molecule has 8 heteroatoms. The molecule has 0 aliphatic carbocycles. The van der Waals surface area contributed by atoms with Crippen molar-refractivity contribution in [3.05, 3.63) is 102 Å². The van der Waals surface area contributed by atoms with Crippen LogP contribution in [0.15, 0.2) is 95.9 Å². The summed E-state index contributed by atoms with van der Waals surface area (Å²) in [5.74, 6) is -0.134. The van der Waals surface area contributed by atoms with E-state index >= 15 is 0 Å². The number of hydrogen-bond acceptors (Lipinski definition) is 6. The SMILES string of the molecule is O=C1CC[C@@H](S(=O)(=O)c2ccccc2)[C@@H]([C@H](CCO)OCOCc2ccccc2)N1Cc1ccccc1. The van der Waals surface area contributed by atoms with Gasteiger partial charge in [-0.05, 0) is 36.1 Å². The minimum Gasteiger partial charge on any atom is -0.396 e. The fourth-order valence-corrected chi connectivity index (χ4v) is 6.84. The van der Waals surface area contributed by atoms with Gasteiger partial charge in [0.2, 0.25) is 5.91 Å². The molecular weight excluding hydrogens is 490 g/mol. The number of rotatable bonds is 12. The van der Waals surface area contributed by atoms with Crippen molar-refractivity contribution in [2.45, 2.75) is 54.7 Å². The number of nitrogens with zero attached hydrogens (tertiary/aromatic N) is 1. The van der Waals surface area contributed by atoms with E-state index in [0.717, 1.165) is 11.1 Å².